The molecular weight excluding hydrogens is 156 g/mol. The highest BCUT2D eigenvalue weighted by atomic mass is 16.3. The number of rotatable bonds is 0. The van der Waals surface area contributed by atoms with Crippen LogP contribution in [-0.4, -0.2) is 5.91 Å². The summed E-state index contributed by atoms with van der Waals surface area (Å²) < 4.78 is 5.06. The number of nitrogens with one attached hydrogen (secondary N) is 1. The minimum Gasteiger partial charge on any atom is -0.448 e. The fourth-order valence-electron chi connectivity index (χ4n) is 1.34. The number of nitrogens with two attached hydrogens (primary N) is 1. The quantitative estimate of drug-likeness (QED) is 0.604. The topological polar surface area (TPSA) is 68.3 Å². The van der Waals surface area contributed by atoms with Gasteiger partial charge in [0.15, 0.2) is 0 Å². The van der Waals surface area contributed by atoms with Gasteiger partial charge in [0, 0.05) is 18.0 Å². The smallest absolute Gasteiger partial charge is 0.226 e. The average molecular weight is 166 g/mol. The third kappa shape index (κ3) is 1.10. The zero-order chi connectivity index (χ0) is 8.55. The molecule has 1 unspecified atom stereocenters. The second kappa shape index (κ2) is 2.64. The standard InChI is InChI=1S/C8H10N2O2/c9-6-1-2-7(11)10-8-5(6)3-4-12-8/h3-4,6H,1-2,9H2,(H,10,11). The van der Waals surface area contributed by atoms with Crippen LogP contribution >= 0.6 is 0 Å². The second-order valence-corrected chi connectivity index (χ2v) is 2.90. The minimum absolute atomic E-state index is 0.0286. The van der Waals surface area contributed by atoms with Gasteiger partial charge in [0.05, 0.1) is 6.26 Å². The Morgan fingerprint density at radius 1 is 1.67 bits per heavy atom. The molecule has 0 bridgehead atoms. The van der Waals surface area contributed by atoms with Crippen molar-refractivity contribution in [3.8, 4) is 0 Å². The predicted molar refractivity (Wildman–Crippen MR) is 43.5 cm³/mol. The van der Waals surface area contributed by atoms with Gasteiger partial charge < -0.3 is 10.2 Å². The van der Waals surface area contributed by atoms with Crippen molar-refractivity contribution in [3.05, 3.63) is 17.9 Å². The molecule has 0 aliphatic carbocycles. The van der Waals surface area contributed by atoms with Crippen molar-refractivity contribution in [1.82, 2.24) is 0 Å². The van der Waals surface area contributed by atoms with Gasteiger partial charge >= 0.3 is 0 Å². The molecule has 3 N–H and O–H groups in total. The number of carbonyl (C=O) groups excluding carboxylic acids is 1. The van der Waals surface area contributed by atoms with E-state index in [9.17, 15) is 4.79 Å². The zero-order valence-electron chi connectivity index (χ0n) is 6.54. The van der Waals surface area contributed by atoms with Gasteiger partial charge in [-0.1, -0.05) is 0 Å². The Bertz CT molecular complexity index is 306. The zero-order valence-corrected chi connectivity index (χ0v) is 6.54. The number of fused-ring (bicyclic) bond motifs is 1. The highest BCUT2D eigenvalue weighted by Gasteiger charge is 2.20. The van der Waals surface area contributed by atoms with Gasteiger partial charge in [0.2, 0.25) is 11.8 Å². The first-order valence-corrected chi connectivity index (χ1v) is 3.90. The molecule has 0 radical (unpaired) electrons. The summed E-state index contributed by atoms with van der Waals surface area (Å²) in [5, 5.41) is 2.65. The van der Waals surface area contributed by atoms with E-state index in [0.717, 1.165) is 5.56 Å². The lowest BCUT2D eigenvalue weighted by Gasteiger charge is -2.04. The van der Waals surface area contributed by atoms with Crippen LogP contribution in [0.1, 0.15) is 24.4 Å². The van der Waals surface area contributed by atoms with E-state index in [1.807, 2.05) is 0 Å². The van der Waals surface area contributed by atoms with Crippen LogP contribution in [0.4, 0.5) is 5.88 Å². The van der Waals surface area contributed by atoms with Crippen molar-refractivity contribution >= 4 is 11.8 Å². The molecule has 1 atom stereocenters. The van der Waals surface area contributed by atoms with Crippen LogP contribution in [0.15, 0.2) is 16.7 Å². The molecule has 0 fully saturated rings. The number of furan rings is 1. The van der Waals surface area contributed by atoms with E-state index in [1.165, 1.54) is 6.26 Å². The summed E-state index contributed by atoms with van der Waals surface area (Å²) in [5.74, 6) is 0.476. The molecule has 0 spiro atoms. The van der Waals surface area contributed by atoms with Gasteiger partial charge in [-0.2, -0.15) is 0 Å². The number of anilines is 1. The summed E-state index contributed by atoms with van der Waals surface area (Å²) in [6.07, 6.45) is 2.68. The van der Waals surface area contributed by atoms with Crippen LogP contribution in [0.5, 0.6) is 0 Å². The molecule has 0 saturated carbocycles. The number of hydrogen-bond donors (Lipinski definition) is 2. The van der Waals surface area contributed by atoms with Crippen LogP contribution in [0.3, 0.4) is 0 Å². The molecule has 4 heteroatoms. The average Bonchev–Trinajstić information content (AvgIpc) is 2.44. The highest BCUT2D eigenvalue weighted by molar-refractivity contribution is 5.90. The lowest BCUT2D eigenvalue weighted by Crippen LogP contribution is -2.09. The van der Waals surface area contributed by atoms with E-state index in [0.29, 0.717) is 18.7 Å². The van der Waals surface area contributed by atoms with E-state index in [2.05, 4.69) is 5.32 Å². The maximum Gasteiger partial charge on any atom is 0.226 e. The molecule has 64 valence electrons. The Balaban J connectivity index is 2.38. The van der Waals surface area contributed by atoms with Gasteiger partial charge in [0.1, 0.15) is 0 Å². The molecule has 0 aromatic carbocycles. The van der Waals surface area contributed by atoms with Crippen LogP contribution in [0.2, 0.25) is 0 Å². The normalized spacial score (nSPS) is 22.8. The summed E-state index contributed by atoms with van der Waals surface area (Å²) >= 11 is 0. The molecular formula is C8H10N2O2. The maximum atomic E-state index is 11.1. The van der Waals surface area contributed by atoms with E-state index in [-0.39, 0.29) is 11.9 Å². The molecule has 1 aromatic rings. The van der Waals surface area contributed by atoms with E-state index < -0.39 is 0 Å². The Kier molecular flexibility index (Phi) is 1.62. The van der Waals surface area contributed by atoms with Crippen molar-refractivity contribution in [1.29, 1.82) is 0 Å². The molecule has 1 aromatic heterocycles. The summed E-state index contributed by atoms with van der Waals surface area (Å²) in [5.41, 5.74) is 6.69. The first kappa shape index (κ1) is 7.36. The van der Waals surface area contributed by atoms with Gasteiger partial charge in [0.25, 0.3) is 0 Å². The molecule has 0 saturated heterocycles. The van der Waals surface area contributed by atoms with Crippen molar-refractivity contribution in [2.45, 2.75) is 18.9 Å². The lowest BCUT2D eigenvalue weighted by atomic mass is 10.1. The Labute approximate surface area is 69.7 Å². The third-order valence-corrected chi connectivity index (χ3v) is 2.03. The monoisotopic (exact) mass is 166 g/mol. The Morgan fingerprint density at radius 2 is 2.50 bits per heavy atom. The second-order valence-electron chi connectivity index (χ2n) is 2.90. The Morgan fingerprint density at radius 3 is 3.33 bits per heavy atom. The SMILES string of the molecule is NC1CCC(=O)Nc2occc21. The van der Waals surface area contributed by atoms with Gasteiger partial charge in [-0.25, -0.2) is 0 Å². The number of hydrogen-bond acceptors (Lipinski definition) is 3. The molecule has 1 amide bonds. The summed E-state index contributed by atoms with van der Waals surface area (Å²) in [4.78, 5) is 11.1. The molecule has 1 aliphatic heterocycles. The fraction of sp³-hybridized carbons (Fsp3) is 0.375. The molecule has 1 aliphatic rings. The van der Waals surface area contributed by atoms with Crippen LogP contribution in [0.25, 0.3) is 0 Å². The van der Waals surface area contributed by atoms with Crippen molar-refractivity contribution in [2.75, 3.05) is 5.32 Å². The van der Waals surface area contributed by atoms with Gasteiger partial charge in [-0.15, -0.1) is 0 Å². The third-order valence-electron chi connectivity index (χ3n) is 2.03. The van der Waals surface area contributed by atoms with Gasteiger partial charge in [-0.05, 0) is 12.5 Å². The molecule has 2 heterocycles. The van der Waals surface area contributed by atoms with Crippen LogP contribution < -0.4 is 11.1 Å². The van der Waals surface area contributed by atoms with Crippen LogP contribution in [-0.2, 0) is 4.79 Å². The highest BCUT2D eigenvalue weighted by Crippen LogP contribution is 2.28. The van der Waals surface area contributed by atoms with Crippen molar-refractivity contribution < 1.29 is 9.21 Å². The van der Waals surface area contributed by atoms with Crippen molar-refractivity contribution in [2.24, 2.45) is 5.73 Å². The maximum absolute atomic E-state index is 11.1. The van der Waals surface area contributed by atoms with E-state index in [1.54, 1.807) is 6.07 Å². The minimum atomic E-state index is -0.0855. The first-order valence-electron chi connectivity index (χ1n) is 3.90. The molecule has 2 rings (SSSR count). The van der Waals surface area contributed by atoms with Crippen LogP contribution in [0, 0.1) is 0 Å². The predicted octanol–water partition coefficient (Wildman–Crippen LogP) is 1.01. The van der Waals surface area contributed by atoms with E-state index in [4.69, 9.17) is 10.2 Å². The van der Waals surface area contributed by atoms with E-state index >= 15 is 0 Å². The summed E-state index contributed by atoms with van der Waals surface area (Å²) in [7, 11) is 0. The fourth-order valence-corrected chi connectivity index (χ4v) is 1.34. The molecule has 4 nitrogen and oxygen atoms in total. The summed E-state index contributed by atoms with van der Waals surface area (Å²) in [6.45, 7) is 0. The number of amides is 1. The van der Waals surface area contributed by atoms with Crippen molar-refractivity contribution in [3.63, 3.8) is 0 Å². The Hall–Kier alpha value is -1.29. The largest absolute Gasteiger partial charge is 0.448 e. The first-order chi connectivity index (χ1) is 5.77. The summed E-state index contributed by atoms with van der Waals surface area (Å²) in [6, 6.07) is 1.71. The lowest BCUT2D eigenvalue weighted by molar-refractivity contribution is -0.116. The van der Waals surface area contributed by atoms with Gasteiger partial charge in [-0.3, -0.25) is 10.1 Å². The molecule has 12 heavy (non-hydrogen) atoms. The number of carbonyl (C=O) groups is 1.